The van der Waals surface area contributed by atoms with Crippen molar-refractivity contribution in [1.82, 2.24) is 0 Å². The maximum atomic E-state index is 2.41. The molecule has 25 heavy (non-hydrogen) atoms. The Labute approximate surface area is 160 Å². The van der Waals surface area contributed by atoms with Crippen molar-refractivity contribution in [3.05, 3.63) is 58.0 Å². The number of unbranched alkanes of at least 4 members (excludes halogenated alkanes) is 3. The average Bonchev–Trinajstić information content (AvgIpc) is 3.15. The van der Waals surface area contributed by atoms with Gasteiger partial charge in [0.05, 0.1) is 0 Å². The normalized spacial score (nSPS) is 11.2. The Morgan fingerprint density at radius 3 is 2.28 bits per heavy atom. The van der Waals surface area contributed by atoms with Gasteiger partial charge in [-0.25, -0.2) is 0 Å². The Hall–Kier alpha value is -1.38. The summed E-state index contributed by atoms with van der Waals surface area (Å²) in [5.41, 5.74) is 5.61. The van der Waals surface area contributed by atoms with Crippen LogP contribution in [-0.4, -0.2) is 0 Å². The fraction of sp³-hybridized carbons (Fsp3) is 0.391. The quantitative estimate of drug-likeness (QED) is 0.369. The first-order valence-corrected chi connectivity index (χ1v) is 11.0. The molecule has 0 aliphatic carbocycles. The second-order valence-corrected chi connectivity index (χ2v) is 9.32. The highest BCUT2D eigenvalue weighted by atomic mass is 32.1. The fourth-order valence-electron chi connectivity index (χ4n) is 3.29. The molecule has 132 valence electrons. The van der Waals surface area contributed by atoms with Crippen molar-refractivity contribution in [3.8, 4) is 20.2 Å². The van der Waals surface area contributed by atoms with Crippen molar-refractivity contribution in [1.29, 1.82) is 0 Å². The topological polar surface area (TPSA) is 0 Å². The van der Waals surface area contributed by atoms with Gasteiger partial charge in [0.25, 0.3) is 0 Å². The van der Waals surface area contributed by atoms with E-state index in [2.05, 4.69) is 64.1 Å². The lowest BCUT2D eigenvalue weighted by atomic mass is 10.1. The predicted molar refractivity (Wildman–Crippen MR) is 115 cm³/mol. The molecule has 0 spiro atoms. The summed E-state index contributed by atoms with van der Waals surface area (Å²) in [7, 11) is 0. The molecule has 0 amide bonds. The van der Waals surface area contributed by atoms with Crippen LogP contribution in [-0.2, 0) is 6.42 Å². The summed E-state index contributed by atoms with van der Waals surface area (Å²) in [6.45, 7) is 8.92. The van der Waals surface area contributed by atoms with Gasteiger partial charge in [0, 0.05) is 19.5 Å². The van der Waals surface area contributed by atoms with Crippen molar-refractivity contribution < 1.29 is 0 Å². The zero-order valence-electron chi connectivity index (χ0n) is 15.8. The third kappa shape index (κ3) is 4.43. The van der Waals surface area contributed by atoms with Crippen LogP contribution in [0.3, 0.4) is 0 Å². The number of aryl methyl sites for hydroxylation is 4. The summed E-state index contributed by atoms with van der Waals surface area (Å²) in [4.78, 5) is 5.79. The van der Waals surface area contributed by atoms with Gasteiger partial charge in [0.2, 0.25) is 0 Å². The van der Waals surface area contributed by atoms with Gasteiger partial charge in [-0.3, -0.25) is 0 Å². The lowest BCUT2D eigenvalue weighted by Gasteiger charge is -2.02. The van der Waals surface area contributed by atoms with Crippen molar-refractivity contribution in [3.63, 3.8) is 0 Å². The lowest BCUT2D eigenvalue weighted by Crippen LogP contribution is -1.85. The number of benzene rings is 1. The highest BCUT2D eigenvalue weighted by Gasteiger charge is 2.14. The Kier molecular flexibility index (Phi) is 6.14. The zero-order chi connectivity index (χ0) is 17.8. The van der Waals surface area contributed by atoms with Crippen molar-refractivity contribution in [2.24, 2.45) is 0 Å². The smallest absolute Gasteiger partial charge is 0.0477 e. The molecule has 3 rings (SSSR count). The summed E-state index contributed by atoms with van der Waals surface area (Å²) in [5, 5.41) is 0. The van der Waals surface area contributed by atoms with Gasteiger partial charge in [-0.1, -0.05) is 56.0 Å². The molecule has 2 aromatic heterocycles. The first-order valence-electron chi connectivity index (χ1n) is 9.35. The molecular formula is C23H28S2. The average molecular weight is 369 g/mol. The summed E-state index contributed by atoms with van der Waals surface area (Å²) in [5.74, 6) is 0. The van der Waals surface area contributed by atoms with Gasteiger partial charge in [0.15, 0.2) is 0 Å². The minimum atomic E-state index is 1.22. The Bertz CT molecular complexity index is 818. The molecule has 0 nitrogen and oxygen atoms in total. The van der Waals surface area contributed by atoms with Crippen LogP contribution in [0.25, 0.3) is 20.2 Å². The molecule has 0 aliphatic rings. The van der Waals surface area contributed by atoms with E-state index in [9.17, 15) is 0 Å². The second-order valence-electron chi connectivity index (χ2n) is 7.01. The third-order valence-corrected chi connectivity index (χ3v) is 7.25. The van der Waals surface area contributed by atoms with E-state index in [1.807, 2.05) is 22.7 Å². The molecule has 0 aliphatic heterocycles. The number of thiophene rings is 2. The number of hydrogen-bond donors (Lipinski definition) is 0. The van der Waals surface area contributed by atoms with Gasteiger partial charge < -0.3 is 0 Å². The fourth-order valence-corrected chi connectivity index (χ4v) is 5.67. The molecule has 0 bridgehead atoms. The van der Waals surface area contributed by atoms with E-state index in [1.54, 1.807) is 5.56 Å². The predicted octanol–water partition coefficient (Wildman–Crippen LogP) is 8.19. The first kappa shape index (κ1) is 18.4. The molecule has 2 heteroatoms. The van der Waals surface area contributed by atoms with Crippen molar-refractivity contribution in [2.45, 2.75) is 59.8 Å². The maximum Gasteiger partial charge on any atom is 0.0477 e. The van der Waals surface area contributed by atoms with E-state index in [1.165, 1.54) is 68.3 Å². The SMILES string of the molecule is CCCCCCc1cc(C)sc1-c1cc(C)c(-c2ccc(C)cc2)s1. The molecule has 0 N–H and O–H groups in total. The van der Waals surface area contributed by atoms with Crippen LogP contribution in [0.2, 0.25) is 0 Å². The summed E-state index contributed by atoms with van der Waals surface area (Å²) in [6.07, 6.45) is 6.54. The maximum absolute atomic E-state index is 2.41. The lowest BCUT2D eigenvalue weighted by molar-refractivity contribution is 0.668. The summed E-state index contributed by atoms with van der Waals surface area (Å²) < 4.78 is 0. The summed E-state index contributed by atoms with van der Waals surface area (Å²) in [6, 6.07) is 13.7. The minimum absolute atomic E-state index is 1.22. The summed E-state index contributed by atoms with van der Waals surface area (Å²) >= 11 is 3.91. The van der Waals surface area contributed by atoms with E-state index >= 15 is 0 Å². The van der Waals surface area contributed by atoms with Gasteiger partial charge in [0.1, 0.15) is 0 Å². The van der Waals surface area contributed by atoms with Crippen LogP contribution in [0.1, 0.15) is 54.2 Å². The Morgan fingerprint density at radius 2 is 1.56 bits per heavy atom. The van der Waals surface area contributed by atoms with E-state index in [4.69, 9.17) is 0 Å². The van der Waals surface area contributed by atoms with Crippen LogP contribution in [0, 0.1) is 20.8 Å². The van der Waals surface area contributed by atoms with E-state index in [0.717, 1.165) is 0 Å². The second kappa shape index (κ2) is 8.33. The third-order valence-electron chi connectivity index (χ3n) is 4.69. The molecule has 0 fully saturated rings. The molecule has 0 radical (unpaired) electrons. The largest absolute Gasteiger partial charge is 0.139 e. The van der Waals surface area contributed by atoms with E-state index in [-0.39, 0.29) is 0 Å². The van der Waals surface area contributed by atoms with Gasteiger partial charge >= 0.3 is 0 Å². The zero-order valence-corrected chi connectivity index (χ0v) is 17.4. The van der Waals surface area contributed by atoms with Crippen LogP contribution in [0.4, 0.5) is 0 Å². The van der Waals surface area contributed by atoms with E-state index in [0.29, 0.717) is 0 Å². The van der Waals surface area contributed by atoms with E-state index < -0.39 is 0 Å². The molecule has 0 atom stereocenters. The Balaban J connectivity index is 1.87. The van der Waals surface area contributed by atoms with Crippen LogP contribution >= 0.6 is 22.7 Å². The van der Waals surface area contributed by atoms with Crippen LogP contribution in [0.5, 0.6) is 0 Å². The number of rotatable bonds is 7. The van der Waals surface area contributed by atoms with Crippen LogP contribution in [0.15, 0.2) is 36.4 Å². The van der Waals surface area contributed by atoms with Gasteiger partial charge in [-0.15, -0.1) is 22.7 Å². The molecule has 0 saturated heterocycles. The molecule has 1 aromatic carbocycles. The molecule has 3 aromatic rings. The molecule has 0 unspecified atom stereocenters. The van der Waals surface area contributed by atoms with Crippen molar-refractivity contribution in [2.75, 3.05) is 0 Å². The Morgan fingerprint density at radius 1 is 0.800 bits per heavy atom. The highest BCUT2D eigenvalue weighted by molar-refractivity contribution is 7.24. The molecular weight excluding hydrogens is 340 g/mol. The van der Waals surface area contributed by atoms with Crippen molar-refractivity contribution >= 4 is 22.7 Å². The number of hydrogen-bond acceptors (Lipinski definition) is 2. The molecule has 0 saturated carbocycles. The standard InChI is InChI=1S/C23H28S2/c1-5-6-7-8-9-20-15-18(4)24-23(20)21-14-17(3)22(25-21)19-12-10-16(2)11-13-19/h10-15H,5-9H2,1-4H3. The van der Waals surface area contributed by atoms with Gasteiger partial charge in [-0.2, -0.15) is 0 Å². The first-order chi connectivity index (χ1) is 12.1. The van der Waals surface area contributed by atoms with Crippen LogP contribution < -0.4 is 0 Å². The minimum Gasteiger partial charge on any atom is -0.139 e. The monoisotopic (exact) mass is 368 g/mol. The molecule has 2 heterocycles. The van der Waals surface area contributed by atoms with Gasteiger partial charge in [-0.05, 0) is 62.4 Å². The highest BCUT2D eigenvalue weighted by Crippen LogP contribution is 2.42.